The Labute approximate surface area is 111 Å². The lowest BCUT2D eigenvalue weighted by molar-refractivity contribution is 0.599. The summed E-state index contributed by atoms with van der Waals surface area (Å²) in [5.41, 5.74) is 8.64. The second-order valence-electron chi connectivity index (χ2n) is 4.58. The van der Waals surface area contributed by atoms with E-state index in [9.17, 15) is 0 Å². The number of hydrogen-bond acceptors (Lipinski definition) is 2. The van der Waals surface area contributed by atoms with Crippen LogP contribution in [0, 0.1) is 0 Å². The molecule has 1 aromatic rings. The molecule has 0 amide bonds. The molecule has 0 radical (unpaired) electrons. The molecule has 0 bridgehead atoms. The molecule has 0 spiro atoms. The fourth-order valence-corrected chi connectivity index (χ4v) is 2.80. The molecule has 1 unspecified atom stereocenters. The van der Waals surface area contributed by atoms with Crippen LogP contribution in [-0.4, -0.2) is 4.98 Å². The molecule has 1 atom stereocenters. The predicted octanol–water partition coefficient (Wildman–Crippen LogP) is 4.12. The number of allylic oxidation sites excluding steroid dienone is 1. The Morgan fingerprint density at radius 2 is 2.06 bits per heavy atom. The summed E-state index contributed by atoms with van der Waals surface area (Å²) >= 11 is 3.53. The second-order valence-corrected chi connectivity index (χ2v) is 5.43. The summed E-state index contributed by atoms with van der Waals surface area (Å²) in [5, 5.41) is 0. The number of nitrogens with zero attached hydrogens (tertiary/aromatic N) is 1. The molecular weight excluding hydrogens is 276 g/mol. The maximum atomic E-state index is 6.33. The van der Waals surface area contributed by atoms with Gasteiger partial charge in [-0.15, -0.1) is 0 Å². The van der Waals surface area contributed by atoms with Crippen LogP contribution < -0.4 is 5.73 Å². The molecule has 1 heterocycles. The summed E-state index contributed by atoms with van der Waals surface area (Å²) in [5.74, 6) is 0. The van der Waals surface area contributed by atoms with Crippen molar-refractivity contribution in [2.75, 3.05) is 0 Å². The van der Waals surface area contributed by atoms with Gasteiger partial charge in [0.05, 0.1) is 11.7 Å². The van der Waals surface area contributed by atoms with E-state index in [0.717, 1.165) is 23.0 Å². The van der Waals surface area contributed by atoms with Gasteiger partial charge in [0.1, 0.15) is 0 Å². The molecule has 0 fully saturated rings. The number of halogens is 1. The van der Waals surface area contributed by atoms with Gasteiger partial charge >= 0.3 is 0 Å². The van der Waals surface area contributed by atoms with Crippen molar-refractivity contribution >= 4 is 15.9 Å². The van der Waals surface area contributed by atoms with Crippen molar-refractivity contribution in [2.24, 2.45) is 5.73 Å². The van der Waals surface area contributed by atoms with Gasteiger partial charge in [-0.1, -0.05) is 24.5 Å². The van der Waals surface area contributed by atoms with E-state index in [1.54, 1.807) is 0 Å². The van der Waals surface area contributed by atoms with E-state index >= 15 is 0 Å². The second kappa shape index (κ2) is 6.31. The third-order valence-corrected chi connectivity index (χ3v) is 3.98. The normalized spacial score (nSPS) is 22.1. The van der Waals surface area contributed by atoms with Gasteiger partial charge < -0.3 is 5.73 Å². The van der Waals surface area contributed by atoms with Crippen molar-refractivity contribution in [3.63, 3.8) is 0 Å². The van der Waals surface area contributed by atoms with E-state index in [-0.39, 0.29) is 6.04 Å². The van der Waals surface area contributed by atoms with Gasteiger partial charge in [-0.05, 0) is 53.7 Å². The number of hydrogen-bond donors (Lipinski definition) is 1. The first-order valence-electron chi connectivity index (χ1n) is 6.34. The quantitative estimate of drug-likeness (QED) is 0.833. The molecule has 2 N–H and O–H groups in total. The average molecular weight is 295 g/mol. The molecule has 1 aromatic heterocycles. The van der Waals surface area contributed by atoms with Crippen LogP contribution in [0.1, 0.15) is 50.3 Å². The third-order valence-electron chi connectivity index (χ3n) is 3.31. The molecule has 0 aromatic carbocycles. The van der Waals surface area contributed by atoms with E-state index < -0.39 is 0 Å². The van der Waals surface area contributed by atoms with Gasteiger partial charge in [-0.3, -0.25) is 4.98 Å². The SMILES string of the molecule is NC(/C1=C/CCCCCC1)c1ncccc1Br. The van der Waals surface area contributed by atoms with Crippen LogP contribution in [0.5, 0.6) is 0 Å². The van der Waals surface area contributed by atoms with Crippen molar-refractivity contribution in [1.29, 1.82) is 0 Å². The molecule has 2 rings (SSSR count). The monoisotopic (exact) mass is 294 g/mol. The van der Waals surface area contributed by atoms with E-state index in [1.165, 1.54) is 31.3 Å². The molecule has 1 aliphatic rings. The zero-order valence-corrected chi connectivity index (χ0v) is 11.6. The number of pyridine rings is 1. The molecule has 3 heteroatoms. The lowest BCUT2D eigenvalue weighted by atomic mass is 9.93. The third kappa shape index (κ3) is 3.39. The maximum absolute atomic E-state index is 6.33. The first-order valence-corrected chi connectivity index (χ1v) is 7.13. The summed E-state index contributed by atoms with van der Waals surface area (Å²) in [6.45, 7) is 0. The first-order chi connectivity index (χ1) is 8.29. The molecule has 1 aliphatic carbocycles. The van der Waals surface area contributed by atoms with Gasteiger partial charge in [0, 0.05) is 10.7 Å². The molecular formula is C14H19BrN2. The average Bonchev–Trinajstić information content (AvgIpc) is 2.28. The minimum absolute atomic E-state index is 0.0522. The maximum Gasteiger partial charge on any atom is 0.0754 e. The van der Waals surface area contributed by atoms with Crippen molar-refractivity contribution in [3.8, 4) is 0 Å². The molecule has 2 nitrogen and oxygen atoms in total. The number of rotatable bonds is 2. The fourth-order valence-electron chi connectivity index (χ4n) is 2.30. The highest BCUT2D eigenvalue weighted by Gasteiger charge is 2.16. The van der Waals surface area contributed by atoms with Gasteiger partial charge in [0.15, 0.2) is 0 Å². The van der Waals surface area contributed by atoms with Crippen LogP contribution in [0.15, 0.2) is 34.5 Å². The lowest BCUT2D eigenvalue weighted by Crippen LogP contribution is -2.16. The minimum Gasteiger partial charge on any atom is -0.319 e. The van der Waals surface area contributed by atoms with E-state index in [1.807, 2.05) is 18.3 Å². The topological polar surface area (TPSA) is 38.9 Å². The van der Waals surface area contributed by atoms with Gasteiger partial charge in [0.25, 0.3) is 0 Å². The highest BCUT2D eigenvalue weighted by Crippen LogP contribution is 2.29. The zero-order chi connectivity index (χ0) is 12.1. The lowest BCUT2D eigenvalue weighted by Gasteiger charge is -2.18. The molecule has 0 saturated carbocycles. The highest BCUT2D eigenvalue weighted by atomic mass is 79.9. The largest absolute Gasteiger partial charge is 0.319 e. The van der Waals surface area contributed by atoms with E-state index in [2.05, 4.69) is 27.0 Å². The van der Waals surface area contributed by atoms with Crippen molar-refractivity contribution in [3.05, 3.63) is 40.1 Å². The zero-order valence-electron chi connectivity index (χ0n) is 10.0. The summed E-state index contributed by atoms with van der Waals surface area (Å²) in [6, 6.07) is 3.88. The van der Waals surface area contributed by atoms with Crippen LogP contribution >= 0.6 is 15.9 Å². The summed E-state index contributed by atoms with van der Waals surface area (Å²) < 4.78 is 1.01. The smallest absolute Gasteiger partial charge is 0.0754 e. The predicted molar refractivity (Wildman–Crippen MR) is 74.7 cm³/mol. The van der Waals surface area contributed by atoms with Crippen LogP contribution in [0.2, 0.25) is 0 Å². The minimum atomic E-state index is -0.0522. The van der Waals surface area contributed by atoms with E-state index in [0.29, 0.717) is 0 Å². The van der Waals surface area contributed by atoms with Crippen LogP contribution in [0.4, 0.5) is 0 Å². The number of aromatic nitrogens is 1. The van der Waals surface area contributed by atoms with Gasteiger partial charge in [0.2, 0.25) is 0 Å². The number of nitrogens with two attached hydrogens (primary N) is 1. The Kier molecular flexibility index (Phi) is 4.75. The van der Waals surface area contributed by atoms with Crippen LogP contribution in [0.3, 0.4) is 0 Å². The van der Waals surface area contributed by atoms with Crippen molar-refractivity contribution < 1.29 is 0 Å². The standard InChI is InChI=1S/C14H19BrN2/c15-12-9-6-10-17-14(12)13(16)11-7-4-2-1-3-5-8-11/h6-7,9-10,13H,1-5,8,16H2/b11-7+. The molecule has 17 heavy (non-hydrogen) atoms. The van der Waals surface area contributed by atoms with Crippen LogP contribution in [0.25, 0.3) is 0 Å². The Morgan fingerprint density at radius 3 is 2.88 bits per heavy atom. The van der Waals surface area contributed by atoms with E-state index in [4.69, 9.17) is 5.73 Å². The Balaban J connectivity index is 2.18. The Bertz CT molecular complexity index is 401. The van der Waals surface area contributed by atoms with Gasteiger partial charge in [-0.25, -0.2) is 0 Å². The van der Waals surface area contributed by atoms with Crippen LogP contribution in [-0.2, 0) is 0 Å². The van der Waals surface area contributed by atoms with Crippen molar-refractivity contribution in [1.82, 2.24) is 4.98 Å². The molecule has 0 saturated heterocycles. The Hall–Kier alpha value is -0.670. The molecule has 92 valence electrons. The summed E-state index contributed by atoms with van der Waals surface area (Å²) in [7, 11) is 0. The highest BCUT2D eigenvalue weighted by molar-refractivity contribution is 9.10. The summed E-state index contributed by atoms with van der Waals surface area (Å²) in [6.07, 6.45) is 11.6. The first kappa shape index (κ1) is 12.8. The van der Waals surface area contributed by atoms with Crippen molar-refractivity contribution in [2.45, 2.75) is 44.6 Å². The fraction of sp³-hybridized carbons (Fsp3) is 0.500. The van der Waals surface area contributed by atoms with Gasteiger partial charge in [-0.2, -0.15) is 0 Å². The Morgan fingerprint density at radius 1 is 1.24 bits per heavy atom. The summed E-state index contributed by atoms with van der Waals surface area (Å²) in [4.78, 5) is 4.39. The molecule has 0 aliphatic heterocycles.